The van der Waals surface area contributed by atoms with E-state index in [1.807, 2.05) is 17.5 Å². The second-order valence-corrected chi connectivity index (χ2v) is 6.01. The van der Waals surface area contributed by atoms with Crippen molar-refractivity contribution in [3.05, 3.63) is 40.3 Å². The van der Waals surface area contributed by atoms with Crippen LogP contribution in [-0.2, 0) is 6.42 Å². The van der Waals surface area contributed by atoms with E-state index in [1.54, 1.807) is 0 Å². The Balaban J connectivity index is 1.54. The molecule has 1 atom stereocenters. The van der Waals surface area contributed by atoms with Gasteiger partial charge in [0.15, 0.2) is 0 Å². The molecule has 2 aromatic heterocycles. The number of hydrogen-bond donors (Lipinski definition) is 1. The summed E-state index contributed by atoms with van der Waals surface area (Å²) in [6, 6.07) is 6.50. The van der Waals surface area contributed by atoms with Crippen LogP contribution in [0, 0.1) is 0 Å². The van der Waals surface area contributed by atoms with Crippen LogP contribution < -0.4 is 0 Å². The first-order valence-corrected chi connectivity index (χ1v) is 7.54. The maximum atomic E-state index is 4.07. The minimum atomic E-state index is 0.643. The summed E-state index contributed by atoms with van der Waals surface area (Å²) < 4.78 is 0. The first kappa shape index (κ1) is 11.9. The molecule has 0 unspecified atom stereocenters. The van der Waals surface area contributed by atoms with Gasteiger partial charge in [-0.25, -0.2) is 0 Å². The van der Waals surface area contributed by atoms with Crippen molar-refractivity contribution < 1.29 is 0 Å². The molecule has 96 valence electrons. The van der Waals surface area contributed by atoms with Gasteiger partial charge in [-0.1, -0.05) is 6.07 Å². The molecule has 0 aromatic carbocycles. The average Bonchev–Trinajstić information content (AvgIpc) is 3.10. The van der Waals surface area contributed by atoms with E-state index < -0.39 is 0 Å². The van der Waals surface area contributed by atoms with Crippen LogP contribution in [0.3, 0.4) is 0 Å². The van der Waals surface area contributed by atoms with Gasteiger partial charge < -0.3 is 4.90 Å². The van der Waals surface area contributed by atoms with Crippen LogP contribution >= 0.6 is 11.3 Å². The van der Waals surface area contributed by atoms with Gasteiger partial charge in [-0.15, -0.1) is 11.3 Å². The zero-order valence-corrected chi connectivity index (χ0v) is 11.3. The molecule has 1 fully saturated rings. The minimum absolute atomic E-state index is 0.643. The third-order valence-electron chi connectivity index (χ3n) is 3.72. The Morgan fingerprint density at radius 2 is 2.44 bits per heavy atom. The van der Waals surface area contributed by atoms with Crippen LogP contribution in [0.15, 0.2) is 29.8 Å². The molecule has 3 heterocycles. The molecule has 1 saturated heterocycles. The largest absolute Gasteiger partial charge is 0.302 e. The van der Waals surface area contributed by atoms with Crippen LogP contribution in [0.1, 0.15) is 29.3 Å². The summed E-state index contributed by atoms with van der Waals surface area (Å²) in [5.41, 5.74) is 1.30. The molecule has 0 saturated carbocycles. The van der Waals surface area contributed by atoms with Crippen LogP contribution in [0.5, 0.6) is 0 Å². The van der Waals surface area contributed by atoms with Gasteiger partial charge in [-0.05, 0) is 43.3 Å². The summed E-state index contributed by atoms with van der Waals surface area (Å²) in [5.74, 6) is 0.643. The molecule has 0 bridgehead atoms. The number of hydrogen-bond acceptors (Lipinski definition) is 3. The standard InChI is InChI=1S/C14H19N3S/c1-3-12(14-5-7-15-16-14)11-17(8-1)9-6-13-4-2-10-18-13/h2,4-5,7,10,12H,1,3,6,8-9,11H2,(H,15,16)/t12-/m1/s1. The fourth-order valence-corrected chi connectivity index (χ4v) is 3.43. The van der Waals surface area contributed by atoms with Crippen LogP contribution in [0.2, 0.25) is 0 Å². The molecular weight excluding hydrogens is 242 g/mol. The highest BCUT2D eigenvalue weighted by atomic mass is 32.1. The number of piperidine rings is 1. The van der Waals surface area contributed by atoms with Gasteiger partial charge in [0.2, 0.25) is 0 Å². The molecule has 0 amide bonds. The maximum Gasteiger partial charge on any atom is 0.0490 e. The summed E-state index contributed by atoms with van der Waals surface area (Å²) in [6.07, 6.45) is 5.64. The molecule has 3 nitrogen and oxygen atoms in total. The van der Waals surface area contributed by atoms with E-state index in [1.165, 1.54) is 49.5 Å². The normalized spacial score (nSPS) is 21.2. The van der Waals surface area contributed by atoms with Gasteiger partial charge in [0.05, 0.1) is 0 Å². The maximum absolute atomic E-state index is 4.07. The van der Waals surface area contributed by atoms with E-state index in [0.29, 0.717) is 5.92 Å². The fraction of sp³-hybridized carbons (Fsp3) is 0.500. The highest BCUT2D eigenvalue weighted by molar-refractivity contribution is 7.09. The Morgan fingerprint density at radius 1 is 1.44 bits per heavy atom. The highest BCUT2D eigenvalue weighted by Gasteiger charge is 2.21. The van der Waals surface area contributed by atoms with Crippen LogP contribution in [-0.4, -0.2) is 34.7 Å². The molecule has 0 spiro atoms. The van der Waals surface area contributed by atoms with Crippen molar-refractivity contribution in [2.75, 3.05) is 19.6 Å². The van der Waals surface area contributed by atoms with Crippen molar-refractivity contribution in [3.63, 3.8) is 0 Å². The molecule has 1 aliphatic rings. The van der Waals surface area contributed by atoms with E-state index >= 15 is 0 Å². The lowest BCUT2D eigenvalue weighted by Gasteiger charge is -2.32. The predicted molar refractivity (Wildman–Crippen MR) is 75.0 cm³/mol. The van der Waals surface area contributed by atoms with Gasteiger partial charge in [-0.3, -0.25) is 5.10 Å². The van der Waals surface area contributed by atoms with E-state index in [0.717, 1.165) is 0 Å². The molecule has 18 heavy (non-hydrogen) atoms. The van der Waals surface area contributed by atoms with E-state index in [4.69, 9.17) is 0 Å². The Hall–Kier alpha value is -1.13. The van der Waals surface area contributed by atoms with Crippen molar-refractivity contribution in [2.24, 2.45) is 0 Å². The number of nitrogens with zero attached hydrogens (tertiary/aromatic N) is 2. The highest BCUT2D eigenvalue weighted by Crippen LogP contribution is 2.25. The third-order valence-corrected chi connectivity index (χ3v) is 4.66. The van der Waals surface area contributed by atoms with E-state index in [9.17, 15) is 0 Å². The first-order valence-electron chi connectivity index (χ1n) is 6.66. The van der Waals surface area contributed by atoms with Crippen LogP contribution in [0.4, 0.5) is 0 Å². The predicted octanol–water partition coefficient (Wildman–Crippen LogP) is 2.89. The average molecular weight is 261 g/mol. The summed E-state index contributed by atoms with van der Waals surface area (Å²) in [7, 11) is 0. The van der Waals surface area contributed by atoms with Gasteiger partial charge in [0.25, 0.3) is 0 Å². The molecule has 1 aliphatic heterocycles. The lowest BCUT2D eigenvalue weighted by Crippen LogP contribution is -2.35. The smallest absolute Gasteiger partial charge is 0.0490 e. The van der Waals surface area contributed by atoms with Crippen molar-refractivity contribution >= 4 is 11.3 Å². The Kier molecular flexibility index (Phi) is 3.76. The van der Waals surface area contributed by atoms with Crippen molar-refractivity contribution in [2.45, 2.75) is 25.2 Å². The Labute approximate surface area is 112 Å². The molecular formula is C14H19N3S. The lowest BCUT2D eigenvalue weighted by molar-refractivity contribution is 0.209. The molecule has 2 aromatic rings. The minimum Gasteiger partial charge on any atom is -0.302 e. The number of aromatic nitrogens is 2. The molecule has 3 rings (SSSR count). The first-order chi connectivity index (χ1) is 8.92. The summed E-state index contributed by atoms with van der Waals surface area (Å²) >= 11 is 1.87. The number of aromatic amines is 1. The van der Waals surface area contributed by atoms with Crippen molar-refractivity contribution in [3.8, 4) is 0 Å². The number of thiophene rings is 1. The third kappa shape index (κ3) is 2.82. The second kappa shape index (κ2) is 5.67. The van der Waals surface area contributed by atoms with Crippen molar-refractivity contribution in [1.82, 2.24) is 15.1 Å². The molecule has 1 N–H and O–H groups in total. The number of likely N-dealkylation sites (tertiary alicyclic amines) is 1. The summed E-state index contributed by atoms with van der Waals surface area (Å²) in [6.45, 7) is 3.61. The molecule has 0 aliphatic carbocycles. The van der Waals surface area contributed by atoms with Crippen molar-refractivity contribution in [1.29, 1.82) is 0 Å². The zero-order chi connectivity index (χ0) is 12.2. The lowest BCUT2D eigenvalue weighted by atomic mass is 9.95. The SMILES string of the molecule is c1csc(CCN2CCC[C@@H](c3ccn[nH]3)C2)c1. The topological polar surface area (TPSA) is 31.9 Å². The number of nitrogens with one attached hydrogen (secondary N) is 1. The van der Waals surface area contributed by atoms with Gasteiger partial charge in [0, 0.05) is 35.8 Å². The summed E-state index contributed by atoms with van der Waals surface area (Å²) in [4.78, 5) is 4.09. The Bertz CT molecular complexity index is 449. The molecule has 4 heteroatoms. The summed E-state index contributed by atoms with van der Waals surface area (Å²) in [5, 5.41) is 9.36. The van der Waals surface area contributed by atoms with Crippen LogP contribution in [0.25, 0.3) is 0 Å². The second-order valence-electron chi connectivity index (χ2n) is 4.98. The van der Waals surface area contributed by atoms with Gasteiger partial charge in [-0.2, -0.15) is 5.10 Å². The van der Waals surface area contributed by atoms with E-state index in [-0.39, 0.29) is 0 Å². The zero-order valence-electron chi connectivity index (χ0n) is 10.5. The monoisotopic (exact) mass is 261 g/mol. The van der Waals surface area contributed by atoms with Gasteiger partial charge in [0.1, 0.15) is 0 Å². The number of H-pyrrole nitrogens is 1. The number of rotatable bonds is 4. The van der Waals surface area contributed by atoms with E-state index in [2.05, 4.69) is 38.7 Å². The quantitative estimate of drug-likeness (QED) is 0.917. The fourth-order valence-electron chi connectivity index (χ4n) is 2.73. The molecule has 0 radical (unpaired) electrons. The van der Waals surface area contributed by atoms with Gasteiger partial charge >= 0.3 is 0 Å². The Morgan fingerprint density at radius 3 is 3.22 bits per heavy atom.